The standard InChI is InChI=1S/C11H21N3O3/c1-3-5-13-11(16)14-6-7-17-8-9(14)10(15)12-4-2/h9H,3-8H2,1-2H3,(H,12,15)(H,13,16). The first kappa shape index (κ1) is 13.8. The summed E-state index contributed by atoms with van der Waals surface area (Å²) in [5.74, 6) is -0.154. The van der Waals surface area contributed by atoms with Crippen molar-refractivity contribution in [1.82, 2.24) is 15.5 Å². The number of rotatable bonds is 4. The minimum Gasteiger partial charge on any atom is -0.377 e. The number of hydrogen-bond donors (Lipinski definition) is 2. The molecule has 6 heteroatoms. The fourth-order valence-corrected chi connectivity index (χ4v) is 1.69. The molecule has 0 saturated carbocycles. The zero-order valence-corrected chi connectivity index (χ0v) is 10.5. The Kier molecular flexibility index (Phi) is 5.76. The molecule has 1 fully saturated rings. The van der Waals surface area contributed by atoms with E-state index in [2.05, 4.69) is 10.6 Å². The van der Waals surface area contributed by atoms with Crippen molar-refractivity contribution in [1.29, 1.82) is 0 Å². The molecule has 1 aliphatic heterocycles. The lowest BCUT2D eigenvalue weighted by molar-refractivity contribution is -0.130. The molecule has 17 heavy (non-hydrogen) atoms. The normalized spacial score (nSPS) is 19.9. The number of nitrogens with zero attached hydrogens (tertiary/aromatic N) is 1. The van der Waals surface area contributed by atoms with E-state index < -0.39 is 6.04 Å². The highest BCUT2D eigenvalue weighted by atomic mass is 16.5. The van der Waals surface area contributed by atoms with Crippen molar-refractivity contribution in [3.05, 3.63) is 0 Å². The van der Waals surface area contributed by atoms with Gasteiger partial charge in [0.1, 0.15) is 6.04 Å². The molecule has 0 aliphatic carbocycles. The Morgan fingerprint density at radius 2 is 2.12 bits per heavy atom. The fourth-order valence-electron chi connectivity index (χ4n) is 1.69. The van der Waals surface area contributed by atoms with Gasteiger partial charge in [0.05, 0.1) is 13.2 Å². The van der Waals surface area contributed by atoms with E-state index in [-0.39, 0.29) is 18.5 Å². The van der Waals surface area contributed by atoms with Crippen LogP contribution in [-0.2, 0) is 9.53 Å². The van der Waals surface area contributed by atoms with E-state index in [1.54, 1.807) is 4.90 Å². The number of likely N-dealkylation sites (N-methyl/N-ethyl adjacent to an activating group) is 1. The number of ether oxygens (including phenoxy) is 1. The van der Waals surface area contributed by atoms with E-state index in [9.17, 15) is 9.59 Å². The van der Waals surface area contributed by atoms with Gasteiger partial charge in [0.25, 0.3) is 0 Å². The molecule has 3 amide bonds. The van der Waals surface area contributed by atoms with E-state index in [0.29, 0.717) is 26.2 Å². The first-order valence-corrected chi connectivity index (χ1v) is 6.10. The summed E-state index contributed by atoms with van der Waals surface area (Å²) in [6, 6.07) is -0.702. The van der Waals surface area contributed by atoms with Crippen LogP contribution in [0.25, 0.3) is 0 Å². The van der Waals surface area contributed by atoms with E-state index in [4.69, 9.17) is 4.74 Å². The van der Waals surface area contributed by atoms with Crippen molar-refractivity contribution in [3.8, 4) is 0 Å². The Balaban J connectivity index is 2.58. The first-order valence-electron chi connectivity index (χ1n) is 6.10. The number of carbonyl (C=O) groups is 2. The van der Waals surface area contributed by atoms with Gasteiger partial charge in [-0.2, -0.15) is 0 Å². The number of hydrogen-bond acceptors (Lipinski definition) is 3. The van der Waals surface area contributed by atoms with E-state index in [0.717, 1.165) is 6.42 Å². The molecule has 1 unspecified atom stereocenters. The molecule has 6 nitrogen and oxygen atoms in total. The maximum Gasteiger partial charge on any atom is 0.318 e. The van der Waals surface area contributed by atoms with Gasteiger partial charge in [-0.15, -0.1) is 0 Å². The van der Waals surface area contributed by atoms with Crippen LogP contribution in [0.1, 0.15) is 20.3 Å². The molecular formula is C11H21N3O3. The summed E-state index contributed by atoms with van der Waals surface area (Å²) >= 11 is 0. The Hall–Kier alpha value is -1.30. The molecule has 0 radical (unpaired) electrons. The second-order valence-corrected chi connectivity index (χ2v) is 3.91. The molecule has 0 bridgehead atoms. The minimum atomic E-state index is -0.513. The first-order chi connectivity index (χ1) is 8.20. The number of morpholine rings is 1. The second-order valence-electron chi connectivity index (χ2n) is 3.91. The maximum atomic E-state index is 11.9. The Morgan fingerprint density at radius 3 is 2.76 bits per heavy atom. The predicted octanol–water partition coefficient (Wildman–Crippen LogP) is -0.0571. The second kappa shape index (κ2) is 7.11. The van der Waals surface area contributed by atoms with Crippen LogP contribution in [0.2, 0.25) is 0 Å². The minimum absolute atomic E-state index is 0.154. The summed E-state index contributed by atoms with van der Waals surface area (Å²) in [6.07, 6.45) is 0.877. The van der Waals surface area contributed by atoms with E-state index in [1.807, 2.05) is 13.8 Å². The SMILES string of the molecule is CCCNC(=O)N1CCOCC1C(=O)NCC. The Bertz CT molecular complexity index is 271. The molecule has 0 aromatic rings. The molecule has 0 aromatic heterocycles. The molecular weight excluding hydrogens is 222 g/mol. The smallest absolute Gasteiger partial charge is 0.318 e. The Labute approximate surface area is 102 Å². The molecule has 1 atom stereocenters. The van der Waals surface area contributed by atoms with Crippen LogP contribution in [-0.4, -0.2) is 55.7 Å². The van der Waals surface area contributed by atoms with Gasteiger partial charge < -0.3 is 20.3 Å². The largest absolute Gasteiger partial charge is 0.377 e. The zero-order valence-electron chi connectivity index (χ0n) is 10.5. The Morgan fingerprint density at radius 1 is 1.35 bits per heavy atom. The molecule has 98 valence electrons. The number of carbonyl (C=O) groups excluding carboxylic acids is 2. The lowest BCUT2D eigenvalue weighted by Crippen LogP contribution is -2.58. The summed E-state index contributed by atoms with van der Waals surface area (Å²) in [5.41, 5.74) is 0. The molecule has 1 heterocycles. The van der Waals surface area contributed by atoms with Crippen molar-refractivity contribution in [3.63, 3.8) is 0 Å². The zero-order chi connectivity index (χ0) is 12.7. The van der Waals surface area contributed by atoms with Crippen LogP contribution >= 0.6 is 0 Å². The average molecular weight is 243 g/mol. The summed E-state index contributed by atoms with van der Waals surface area (Å²) in [4.78, 5) is 25.2. The van der Waals surface area contributed by atoms with Gasteiger partial charge in [0.2, 0.25) is 5.91 Å². The van der Waals surface area contributed by atoms with Crippen LogP contribution in [0, 0.1) is 0 Å². The highest BCUT2D eigenvalue weighted by molar-refractivity contribution is 5.87. The summed E-state index contributed by atoms with van der Waals surface area (Å²) < 4.78 is 5.25. The summed E-state index contributed by atoms with van der Waals surface area (Å²) in [7, 11) is 0. The van der Waals surface area contributed by atoms with Gasteiger partial charge in [-0.3, -0.25) is 4.79 Å². The lowest BCUT2D eigenvalue weighted by Gasteiger charge is -2.34. The van der Waals surface area contributed by atoms with Gasteiger partial charge >= 0.3 is 6.03 Å². The molecule has 1 rings (SSSR count). The number of amides is 3. The highest BCUT2D eigenvalue weighted by Crippen LogP contribution is 2.07. The predicted molar refractivity (Wildman–Crippen MR) is 63.7 cm³/mol. The van der Waals surface area contributed by atoms with Crippen molar-refractivity contribution < 1.29 is 14.3 Å². The number of nitrogens with one attached hydrogen (secondary N) is 2. The molecule has 0 aromatic carbocycles. The summed E-state index contributed by atoms with van der Waals surface area (Å²) in [5, 5.41) is 5.50. The third kappa shape index (κ3) is 3.89. The van der Waals surface area contributed by atoms with Gasteiger partial charge in [0.15, 0.2) is 0 Å². The lowest BCUT2D eigenvalue weighted by atomic mass is 10.2. The molecule has 1 aliphatic rings. The van der Waals surface area contributed by atoms with Crippen LogP contribution < -0.4 is 10.6 Å². The van der Waals surface area contributed by atoms with Crippen LogP contribution in [0.3, 0.4) is 0 Å². The van der Waals surface area contributed by atoms with Gasteiger partial charge in [-0.05, 0) is 13.3 Å². The maximum absolute atomic E-state index is 11.9. The van der Waals surface area contributed by atoms with E-state index in [1.165, 1.54) is 0 Å². The quantitative estimate of drug-likeness (QED) is 0.727. The van der Waals surface area contributed by atoms with Gasteiger partial charge in [-0.25, -0.2) is 4.79 Å². The monoisotopic (exact) mass is 243 g/mol. The third-order valence-electron chi connectivity index (χ3n) is 2.57. The van der Waals surface area contributed by atoms with Crippen molar-refractivity contribution >= 4 is 11.9 Å². The van der Waals surface area contributed by atoms with Crippen molar-refractivity contribution in [2.75, 3.05) is 32.8 Å². The van der Waals surface area contributed by atoms with E-state index >= 15 is 0 Å². The van der Waals surface area contributed by atoms with Crippen LogP contribution in [0.15, 0.2) is 0 Å². The topological polar surface area (TPSA) is 70.7 Å². The van der Waals surface area contributed by atoms with Crippen molar-refractivity contribution in [2.45, 2.75) is 26.3 Å². The van der Waals surface area contributed by atoms with Crippen LogP contribution in [0.4, 0.5) is 4.79 Å². The highest BCUT2D eigenvalue weighted by Gasteiger charge is 2.32. The fraction of sp³-hybridized carbons (Fsp3) is 0.818. The third-order valence-corrected chi connectivity index (χ3v) is 2.57. The average Bonchev–Trinajstić information content (AvgIpc) is 2.36. The number of urea groups is 1. The van der Waals surface area contributed by atoms with Gasteiger partial charge in [-0.1, -0.05) is 6.92 Å². The molecule has 0 spiro atoms. The molecule has 2 N–H and O–H groups in total. The summed E-state index contributed by atoms with van der Waals surface area (Å²) in [6.45, 7) is 6.22. The van der Waals surface area contributed by atoms with Crippen LogP contribution in [0.5, 0.6) is 0 Å². The van der Waals surface area contributed by atoms with Gasteiger partial charge in [0, 0.05) is 19.6 Å². The van der Waals surface area contributed by atoms with Crippen molar-refractivity contribution in [2.24, 2.45) is 0 Å². The molecule has 1 saturated heterocycles.